The summed E-state index contributed by atoms with van der Waals surface area (Å²) in [5, 5.41) is 0. The first-order chi connectivity index (χ1) is 13.3. The first kappa shape index (κ1) is 20.0. The number of carbonyl (C=O) groups excluding carboxylic acids is 2. The average molecular weight is 406 g/mol. The van der Waals surface area contributed by atoms with Crippen LogP contribution in [0.1, 0.15) is 23.6 Å². The van der Waals surface area contributed by atoms with Crippen molar-refractivity contribution in [3.63, 3.8) is 0 Å². The highest BCUT2D eigenvalue weighted by atomic mass is 32.2. The molecule has 0 bridgehead atoms. The minimum atomic E-state index is -3.98. The third kappa shape index (κ3) is 4.20. The van der Waals surface area contributed by atoms with Gasteiger partial charge in [-0.25, -0.2) is 12.8 Å². The maximum Gasteiger partial charge on any atom is 0.308 e. The summed E-state index contributed by atoms with van der Waals surface area (Å²) in [4.78, 5) is 23.0. The number of primary amides is 1. The van der Waals surface area contributed by atoms with Gasteiger partial charge in [0.25, 0.3) is 5.91 Å². The zero-order valence-electron chi connectivity index (χ0n) is 14.9. The van der Waals surface area contributed by atoms with Gasteiger partial charge in [0, 0.05) is 6.54 Å². The van der Waals surface area contributed by atoms with E-state index in [1.165, 1.54) is 16.4 Å². The summed E-state index contributed by atoms with van der Waals surface area (Å²) in [6, 6.07) is 10.9. The number of rotatable bonds is 6. The number of hydrogen-bond acceptors (Lipinski definition) is 5. The third-order valence-electron chi connectivity index (χ3n) is 4.52. The number of nitrogens with two attached hydrogens (primary N) is 1. The van der Waals surface area contributed by atoms with E-state index in [4.69, 9.17) is 10.5 Å². The molecule has 0 spiro atoms. The summed E-state index contributed by atoms with van der Waals surface area (Å²) >= 11 is 0. The van der Waals surface area contributed by atoms with Crippen molar-refractivity contribution in [2.45, 2.75) is 23.8 Å². The van der Waals surface area contributed by atoms with Crippen molar-refractivity contribution in [2.24, 2.45) is 5.73 Å². The minimum absolute atomic E-state index is 0.0659. The fourth-order valence-corrected chi connectivity index (χ4v) is 4.84. The average Bonchev–Trinajstić information content (AvgIpc) is 2.67. The number of sulfonamides is 1. The maximum absolute atomic E-state index is 13.2. The van der Waals surface area contributed by atoms with Crippen molar-refractivity contribution in [1.29, 1.82) is 0 Å². The molecule has 2 aromatic carbocycles. The molecule has 1 unspecified atom stereocenters. The van der Waals surface area contributed by atoms with Crippen LogP contribution in [0.15, 0.2) is 53.4 Å². The van der Waals surface area contributed by atoms with Gasteiger partial charge in [-0.15, -0.1) is 0 Å². The molecule has 1 atom stereocenters. The lowest BCUT2D eigenvalue weighted by Gasteiger charge is -2.36. The first-order valence-electron chi connectivity index (χ1n) is 8.58. The van der Waals surface area contributed by atoms with E-state index in [0.717, 1.165) is 17.7 Å². The molecule has 0 saturated heterocycles. The number of fused-ring (bicyclic) bond motifs is 1. The van der Waals surface area contributed by atoms with Crippen LogP contribution in [-0.4, -0.2) is 37.8 Å². The van der Waals surface area contributed by atoms with Gasteiger partial charge in [0.05, 0.1) is 17.4 Å². The zero-order valence-corrected chi connectivity index (χ0v) is 15.7. The van der Waals surface area contributed by atoms with Crippen LogP contribution in [0.25, 0.3) is 0 Å². The molecule has 28 heavy (non-hydrogen) atoms. The Morgan fingerprint density at radius 1 is 1.14 bits per heavy atom. The van der Waals surface area contributed by atoms with Crippen molar-refractivity contribution >= 4 is 21.9 Å². The van der Waals surface area contributed by atoms with Gasteiger partial charge in [-0.05, 0) is 41.8 Å². The van der Waals surface area contributed by atoms with Crippen molar-refractivity contribution in [3.8, 4) is 0 Å². The number of nitrogens with zero attached hydrogens (tertiary/aromatic N) is 1. The highest BCUT2D eigenvalue weighted by molar-refractivity contribution is 7.89. The van der Waals surface area contributed by atoms with Crippen molar-refractivity contribution in [2.75, 3.05) is 13.2 Å². The Morgan fingerprint density at radius 3 is 2.50 bits per heavy atom. The van der Waals surface area contributed by atoms with Gasteiger partial charge in [0.2, 0.25) is 10.0 Å². The largest absolute Gasteiger partial charge is 0.456 e. The fourth-order valence-electron chi connectivity index (χ4n) is 3.24. The molecule has 3 rings (SSSR count). The molecule has 0 aromatic heterocycles. The fraction of sp³-hybridized carbons (Fsp3) is 0.263. The molecule has 1 heterocycles. The Kier molecular flexibility index (Phi) is 5.76. The summed E-state index contributed by atoms with van der Waals surface area (Å²) in [7, 11) is -3.98. The Hall–Kier alpha value is -2.78. The standard InChI is InChI=1S/C19H19FN2O5S/c20-14-5-7-15(8-6-14)28(25,26)22-10-9-13-3-1-2-4-16(13)17(22)11-19(24)27-12-18(21)23/h1-8,17H,9-12H2,(H2,21,23). The molecule has 9 heteroatoms. The number of ether oxygens (including phenoxy) is 1. The number of halogens is 1. The maximum atomic E-state index is 13.2. The van der Waals surface area contributed by atoms with Crippen LogP contribution in [0.4, 0.5) is 4.39 Å². The van der Waals surface area contributed by atoms with Crippen LogP contribution in [-0.2, 0) is 30.8 Å². The number of amides is 1. The SMILES string of the molecule is NC(=O)COC(=O)CC1c2ccccc2CCN1S(=O)(=O)c1ccc(F)cc1. The topological polar surface area (TPSA) is 107 Å². The summed E-state index contributed by atoms with van der Waals surface area (Å²) in [6.45, 7) is -0.414. The lowest BCUT2D eigenvalue weighted by Crippen LogP contribution is -2.41. The molecule has 2 aromatic rings. The van der Waals surface area contributed by atoms with Crippen LogP contribution in [0.2, 0.25) is 0 Å². The molecule has 1 aliphatic rings. The molecular weight excluding hydrogens is 387 g/mol. The van der Waals surface area contributed by atoms with Gasteiger partial charge in [-0.1, -0.05) is 24.3 Å². The van der Waals surface area contributed by atoms with Gasteiger partial charge in [0.15, 0.2) is 6.61 Å². The highest BCUT2D eigenvalue weighted by Crippen LogP contribution is 2.36. The van der Waals surface area contributed by atoms with Gasteiger partial charge in [-0.2, -0.15) is 4.31 Å². The Labute approximate surface area is 161 Å². The van der Waals surface area contributed by atoms with Crippen molar-refractivity contribution in [3.05, 3.63) is 65.5 Å². The van der Waals surface area contributed by atoms with Crippen molar-refractivity contribution in [1.82, 2.24) is 4.31 Å². The molecule has 148 valence electrons. The Bertz CT molecular complexity index is 992. The van der Waals surface area contributed by atoms with E-state index in [1.54, 1.807) is 12.1 Å². The number of carbonyl (C=O) groups is 2. The van der Waals surface area contributed by atoms with Crippen LogP contribution >= 0.6 is 0 Å². The molecule has 1 amide bonds. The van der Waals surface area contributed by atoms with Gasteiger partial charge >= 0.3 is 5.97 Å². The van der Waals surface area contributed by atoms with E-state index < -0.39 is 40.4 Å². The van der Waals surface area contributed by atoms with E-state index >= 15 is 0 Å². The van der Waals surface area contributed by atoms with Crippen molar-refractivity contribution < 1.29 is 27.1 Å². The second-order valence-corrected chi connectivity index (χ2v) is 8.26. The van der Waals surface area contributed by atoms with Crippen LogP contribution < -0.4 is 5.73 Å². The first-order valence-corrected chi connectivity index (χ1v) is 10.0. The van der Waals surface area contributed by atoms with E-state index in [0.29, 0.717) is 12.0 Å². The molecule has 7 nitrogen and oxygen atoms in total. The Morgan fingerprint density at radius 2 is 1.82 bits per heavy atom. The predicted octanol–water partition coefficient (Wildman–Crippen LogP) is 1.53. The molecule has 2 N–H and O–H groups in total. The second kappa shape index (κ2) is 8.07. The van der Waals surface area contributed by atoms with Crippen LogP contribution in [0.5, 0.6) is 0 Å². The summed E-state index contributed by atoms with van der Waals surface area (Å²) in [6.07, 6.45) is 0.203. The number of esters is 1. The van der Waals surface area contributed by atoms with Gasteiger partial charge < -0.3 is 10.5 Å². The molecule has 0 radical (unpaired) electrons. The van der Waals surface area contributed by atoms with Gasteiger partial charge in [-0.3, -0.25) is 9.59 Å². The second-order valence-electron chi connectivity index (χ2n) is 6.37. The van der Waals surface area contributed by atoms with E-state index in [-0.39, 0.29) is 17.9 Å². The molecule has 1 aliphatic heterocycles. The normalized spacial score (nSPS) is 17.0. The summed E-state index contributed by atoms with van der Waals surface area (Å²) in [5.74, 6) is -2.08. The zero-order chi connectivity index (χ0) is 20.3. The quantitative estimate of drug-likeness (QED) is 0.732. The van der Waals surface area contributed by atoms with E-state index in [2.05, 4.69) is 0 Å². The smallest absolute Gasteiger partial charge is 0.308 e. The van der Waals surface area contributed by atoms with Gasteiger partial charge in [0.1, 0.15) is 5.82 Å². The Balaban J connectivity index is 1.95. The third-order valence-corrected chi connectivity index (χ3v) is 6.44. The highest BCUT2D eigenvalue weighted by Gasteiger charge is 2.37. The molecule has 0 aliphatic carbocycles. The summed E-state index contributed by atoms with van der Waals surface area (Å²) < 4.78 is 45.5. The monoisotopic (exact) mass is 406 g/mol. The number of benzene rings is 2. The predicted molar refractivity (Wildman–Crippen MR) is 97.9 cm³/mol. The minimum Gasteiger partial charge on any atom is -0.456 e. The van der Waals surface area contributed by atoms with Crippen LogP contribution in [0, 0.1) is 5.82 Å². The van der Waals surface area contributed by atoms with Crippen LogP contribution in [0.3, 0.4) is 0 Å². The lowest BCUT2D eigenvalue weighted by atomic mass is 9.92. The number of hydrogen-bond donors (Lipinski definition) is 1. The summed E-state index contributed by atoms with van der Waals surface area (Å²) in [5.41, 5.74) is 6.60. The van der Waals surface area contributed by atoms with E-state index in [1.807, 2.05) is 12.1 Å². The molecule has 0 saturated carbocycles. The molecular formula is C19H19FN2O5S. The molecule has 0 fully saturated rings. The van der Waals surface area contributed by atoms with E-state index in [9.17, 15) is 22.4 Å². The lowest BCUT2D eigenvalue weighted by molar-refractivity contribution is -0.148.